The summed E-state index contributed by atoms with van der Waals surface area (Å²) < 4.78 is 19.9. The van der Waals surface area contributed by atoms with Crippen molar-refractivity contribution in [3.63, 3.8) is 0 Å². The molecule has 0 amide bonds. The summed E-state index contributed by atoms with van der Waals surface area (Å²) in [5, 5.41) is 0. The second-order valence-corrected chi connectivity index (χ2v) is 8.72. The number of nitrogen functional groups attached to an aromatic ring is 1. The molecule has 0 radical (unpaired) electrons. The number of nitrogens with zero attached hydrogens (tertiary/aromatic N) is 6. The zero-order valence-corrected chi connectivity index (χ0v) is 18.5. The molecule has 166 valence electrons. The molecule has 1 unspecified atom stereocenters. The summed E-state index contributed by atoms with van der Waals surface area (Å²) in [5.41, 5.74) is 10.2. The van der Waals surface area contributed by atoms with Crippen LogP contribution >= 0.6 is 0 Å². The topological polar surface area (TPSA) is 122 Å². The van der Waals surface area contributed by atoms with Crippen LogP contribution < -0.4 is 20.3 Å². The van der Waals surface area contributed by atoms with Crippen LogP contribution in [0, 0.1) is 0 Å². The summed E-state index contributed by atoms with van der Waals surface area (Å²) in [6, 6.07) is 7.86. The normalized spacial score (nSPS) is 16.7. The summed E-state index contributed by atoms with van der Waals surface area (Å²) in [7, 11) is -1.11. The van der Waals surface area contributed by atoms with Crippen LogP contribution in [-0.4, -0.2) is 63.2 Å². The standard InChI is InChI=1S/C21H24N8O2S/c1-32(30)27-15-2-4-16(5-3-15)29-7-6-17-18(14-12-23-20(22)24-13-14)25-21(26-19(17)29)28-8-10-31-11-9-28/h2-5,12-13,27H,6-11H2,1H3,(H2,22,23,24). The molecular formula is C21H24N8O2S. The minimum absolute atomic E-state index is 0.233. The van der Waals surface area contributed by atoms with Crippen molar-refractivity contribution in [3.05, 3.63) is 42.2 Å². The number of rotatable bonds is 5. The third-order valence-electron chi connectivity index (χ3n) is 5.49. The monoisotopic (exact) mass is 452 g/mol. The van der Waals surface area contributed by atoms with E-state index in [0.29, 0.717) is 19.2 Å². The highest BCUT2D eigenvalue weighted by Gasteiger charge is 2.29. The third kappa shape index (κ3) is 4.08. The fourth-order valence-electron chi connectivity index (χ4n) is 3.97. The first-order valence-electron chi connectivity index (χ1n) is 10.4. The van der Waals surface area contributed by atoms with E-state index in [1.807, 2.05) is 24.3 Å². The van der Waals surface area contributed by atoms with Crippen LogP contribution in [0.1, 0.15) is 5.56 Å². The fourth-order valence-corrected chi connectivity index (χ4v) is 4.44. The zero-order valence-electron chi connectivity index (χ0n) is 17.7. The lowest BCUT2D eigenvalue weighted by atomic mass is 10.1. The van der Waals surface area contributed by atoms with Crippen LogP contribution in [0.25, 0.3) is 11.3 Å². The number of hydrogen-bond acceptors (Lipinski definition) is 9. The molecule has 32 heavy (non-hydrogen) atoms. The quantitative estimate of drug-likeness (QED) is 0.596. The number of morpholine rings is 1. The first-order valence-corrected chi connectivity index (χ1v) is 11.9. The van der Waals surface area contributed by atoms with Crippen LogP contribution in [0.15, 0.2) is 36.7 Å². The zero-order chi connectivity index (χ0) is 22.1. The van der Waals surface area contributed by atoms with Crippen molar-refractivity contribution in [2.75, 3.05) is 59.4 Å². The van der Waals surface area contributed by atoms with Crippen LogP contribution in [0.2, 0.25) is 0 Å². The van der Waals surface area contributed by atoms with Crippen molar-refractivity contribution < 1.29 is 8.95 Å². The van der Waals surface area contributed by atoms with Crippen molar-refractivity contribution in [3.8, 4) is 11.3 Å². The van der Waals surface area contributed by atoms with Crippen molar-refractivity contribution in [2.24, 2.45) is 0 Å². The predicted molar refractivity (Wildman–Crippen MR) is 125 cm³/mol. The molecule has 1 saturated heterocycles. The smallest absolute Gasteiger partial charge is 0.228 e. The Morgan fingerprint density at radius 3 is 2.47 bits per heavy atom. The third-order valence-corrected chi connectivity index (χ3v) is 6.02. The SMILES string of the molecule is CS(=O)Nc1ccc(N2CCc3c(-c4cnc(N)nc4)nc(N4CCOCC4)nc32)cc1. The second-order valence-electron chi connectivity index (χ2n) is 7.61. The molecule has 3 N–H and O–H groups in total. The van der Waals surface area contributed by atoms with Gasteiger partial charge in [0, 0.05) is 60.8 Å². The van der Waals surface area contributed by atoms with Crippen molar-refractivity contribution in [1.29, 1.82) is 0 Å². The van der Waals surface area contributed by atoms with E-state index in [1.165, 1.54) is 0 Å². The Bertz CT molecular complexity index is 1130. The van der Waals surface area contributed by atoms with E-state index in [4.69, 9.17) is 20.4 Å². The Labute approximate surface area is 188 Å². The van der Waals surface area contributed by atoms with E-state index in [0.717, 1.165) is 60.1 Å². The molecule has 2 aliphatic heterocycles. The molecule has 3 aromatic rings. The van der Waals surface area contributed by atoms with Gasteiger partial charge in [0.2, 0.25) is 11.9 Å². The highest BCUT2D eigenvalue weighted by atomic mass is 32.2. The van der Waals surface area contributed by atoms with E-state index < -0.39 is 11.0 Å². The van der Waals surface area contributed by atoms with Crippen LogP contribution in [-0.2, 0) is 22.1 Å². The maximum atomic E-state index is 11.4. The molecular weight excluding hydrogens is 428 g/mol. The molecule has 2 aromatic heterocycles. The minimum Gasteiger partial charge on any atom is -0.378 e. The maximum absolute atomic E-state index is 11.4. The number of anilines is 5. The largest absolute Gasteiger partial charge is 0.378 e. The molecule has 2 aliphatic rings. The summed E-state index contributed by atoms with van der Waals surface area (Å²) in [6.07, 6.45) is 5.83. The van der Waals surface area contributed by atoms with Gasteiger partial charge >= 0.3 is 0 Å². The lowest BCUT2D eigenvalue weighted by molar-refractivity contribution is 0.122. The highest BCUT2D eigenvalue weighted by Crippen LogP contribution is 2.39. The van der Waals surface area contributed by atoms with Crippen LogP contribution in [0.4, 0.5) is 29.1 Å². The number of hydrogen-bond donors (Lipinski definition) is 2. The molecule has 0 spiro atoms. The number of ether oxygens (including phenoxy) is 1. The van der Waals surface area contributed by atoms with Crippen LogP contribution in [0.5, 0.6) is 0 Å². The molecule has 4 heterocycles. The van der Waals surface area contributed by atoms with Gasteiger partial charge in [-0.3, -0.25) is 0 Å². The lowest BCUT2D eigenvalue weighted by Crippen LogP contribution is -2.37. The van der Waals surface area contributed by atoms with E-state index in [9.17, 15) is 4.21 Å². The molecule has 0 aliphatic carbocycles. The van der Waals surface area contributed by atoms with Gasteiger partial charge in [0.05, 0.1) is 18.9 Å². The Morgan fingerprint density at radius 2 is 1.78 bits per heavy atom. The molecule has 0 saturated carbocycles. The fraction of sp³-hybridized carbons (Fsp3) is 0.333. The summed E-state index contributed by atoms with van der Waals surface area (Å²) in [4.78, 5) is 22.5. The van der Waals surface area contributed by atoms with Gasteiger partial charge in [0.25, 0.3) is 0 Å². The number of fused-ring (bicyclic) bond motifs is 1. The van der Waals surface area contributed by atoms with Gasteiger partial charge in [-0.2, -0.15) is 4.98 Å². The Balaban J connectivity index is 1.56. The average Bonchev–Trinajstić information content (AvgIpc) is 3.24. The van der Waals surface area contributed by atoms with Gasteiger partial charge in [-0.15, -0.1) is 0 Å². The van der Waals surface area contributed by atoms with Crippen LogP contribution in [0.3, 0.4) is 0 Å². The Hall–Kier alpha value is -3.31. The summed E-state index contributed by atoms with van der Waals surface area (Å²) >= 11 is 0. The van der Waals surface area contributed by atoms with Gasteiger partial charge < -0.3 is 25.0 Å². The maximum Gasteiger partial charge on any atom is 0.228 e. The van der Waals surface area contributed by atoms with Gasteiger partial charge in [0.1, 0.15) is 16.8 Å². The molecule has 5 rings (SSSR count). The van der Waals surface area contributed by atoms with E-state index in [2.05, 4.69) is 24.5 Å². The van der Waals surface area contributed by atoms with Crippen molar-refractivity contribution >= 4 is 40.1 Å². The van der Waals surface area contributed by atoms with E-state index in [1.54, 1.807) is 18.6 Å². The van der Waals surface area contributed by atoms with E-state index in [-0.39, 0.29) is 5.95 Å². The Morgan fingerprint density at radius 1 is 1.06 bits per heavy atom. The summed E-state index contributed by atoms with van der Waals surface area (Å²) in [6.45, 7) is 3.57. The first-order chi connectivity index (χ1) is 15.6. The van der Waals surface area contributed by atoms with Gasteiger partial charge in [-0.25, -0.2) is 19.2 Å². The lowest BCUT2D eigenvalue weighted by Gasteiger charge is -2.28. The molecule has 10 nitrogen and oxygen atoms in total. The first kappa shape index (κ1) is 20.6. The van der Waals surface area contributed by atoms with Crippen molar-refractivity contribution in [1.82, 2.24) is 19.9 Å². The van der Waals surface area contributed by atoms with Gasteiger partial charge in [-0.1, -0.05) is 0 Å². The molecule has 1 atom stereocenters. The number of aromatic nitrogens is 4. The van der Waals surface area contributed by atoms with Crippen molar-refractivity contribution in [2.45, 2.75) is 6.42 Å². The minimum atomic E-state index is -1.11. The van der Waals surface area contributed by atoms with Gasteiger partial charge in [-0.05, 0) is 30.7 Å². The van der Waals surface area contributed by atoms with Gasteiger partial charge in [0.15, 0.2) is 0 Å². The highest BCUT2D eigenvalue weighted by molar-refractivity contribution is 7.85. The number of nitrogens with two attached hydrogens (primary N) is 1. The second kappa shape index (κ2) is 8.67. The van der Waals surface area contributed by atoms with E-state index >= 15 is 0 Å². The average molecular weight is 453 g/mol. The molecule has 1 aromatic carbocycles. The molecule has 11 heteroatoms. The predicted octanol–water partition coefficient (Wildman–Crippen LogP) is 1.75. The summed E-state index contributed by atoms with van der Waals surface area (Å²) in [5.74, 6) is 1.79. The molecule has 0 bridgehead atoms. The Kier molecular flexibility index (Phi) is 5.58. The number of benzene rings is 1. The molecule has 1 fully saturated rings. The number of nitrogens with one attached hydrogen (secondary N) is 1.